The molecular weight excluding hydrogens is 550 g/mol. The summed E-state index contributed by atoms with van der Waals surface area (Å²) in [6, 6.07) is 17.4. The number of hydrogen-bond acceptors (Lipinski definition) is 5. The minimum absolute atomic E-state index is 0.00644. The maximum Gasteiger partial charge on any atom is 0.247 e. The van der Waals surface area contributed by atoms with E-state index in [9.17, 15) is 18.4 Å². The van der Waals surface area contributed by atoms with Gasteiger partial charge < -0.3 is 10.2 Å². The average molecular weight is 579 g/mol. The predicted molar refractivity (Wildman–Crippen MR) is 149 cm³/mol. The van der Waals surface area contributed by atoms with Crippen LogP contribution in [0.4, 0.5) is 8.78 Å². The summed E-state index contributed by atoms with van der Waals surface area (Å²) in [7, 11) is 0. The fourth-order valence-electron chi connectivity index (χ4n) is 5.05. The number of nitrogens with zero attached hydrogens (tertiary/aromatic N) is 5. The molecule has 1 aliphatic rings. The third-order valence-electron chi connectivity index (χ3n) is 7.16. The molecule has 0 bridgehead atoms. The molecule has 0 radical (unpaired) electrons. The average Bonchev–Trinajstić information content (AvgIpc) is 3.43. The van der Waals surface area contributed by atoms with E-state index in [1.165, 1.54) is 41.3 Å². The van der Waals surface area contributed by atoms with Crippen molar-refractivity contribution in [1.29, 1.82) is 0 Å². The quantitative estimate of drug-likeness (QED) is 0.283. The summed E-state index contributed by atoms with van der Waals surface area (Å²) in [5, 5.41) is 15.6. The second-order valence-electron chi connectivity index (χ2n) is 10.0. The van der Waals surface area contributed by atoms with Crippen molar-refractivity contribution in [2.24, 2.45) is 0 Å². The van der Waals surface area contributed by atoms with Crippen molar-refractivity contribution in [2.75, 3.05) is 0 Å². The van der Waals surface area contributed by atoms with E-state index in [0.717, 1.165) is 36.9 Å². The Morgan fingerprint density at radius 2 is 1.68 bits per heavy atom. The van der Waals surface area contributed by atoms with Crippen LogP contribution >= 0.6 is 11.6 Å². The molecule has 1 fully saturated rings. The van der Waals surface area contributed by atoms with E-state index in [4.69, 9.17) is 11.6 Å². The van der Waals surface area contributed by atoms with Crippen LogP contribution in [0.2, 0.25) is 5.02 Å². The summed E-state index contributed by atoms with van der Waals surface area (Å²) >= 11 is 6.46. The van der Waals surface area contributed by atoms with E-state index in [-0.39, 0.29) is 36.4 Å². The van der Waals surface area contributed by atoms with Gasteiger partial charge >= 0.3 is 0 Å². The van der Waals surface area contributed by atoms with Crippen molar-refractivity contribution in [3.05, 3.63) is 101 Å². The van der Waals surface area contributed by atoms with Gasteiger partial charge in [-0.1, -0.05) is 73.3 Å². The number of benzene rings is 3. The van der Waals surface area contributed by atoms with E-state index in [0.29, 0.717) is 16.1 Å². The van der Waals surface area contributed by atoms with Gasteiger partial charge in [0.1, 0.15) is 24.2 Å². The third-order valence-corrected chi connectivity index (χ3v) is 7.53. The van der Waals surface area contributed by atoms with Gasteiger partial charge in [0, 0.05) is 17.6 Å². The van der Waals surface area contributed by atoms with Gasteiger partial charge in [0.2, 0.25) is 17.6 Å². The summed E-state index contributed by atoms with van der Waals surface area (Å²) in [5.74, 6) is -1.83. The van der Waals surface area contributed by atoms with Crippen molar-refractivity contribution in [2.45, 2.75) is 57.3 Å². The van der Waals surface area contributed by atoms with E-state index in [1.807, 2.05) is 0 Å². The molecule has 41 heavy (non-hydrogen) atoms. The molecule has 3 aromatic carbocycles. The van der Waals surface area contributed by atoms with Gasteiger partial charge in [-0.25, -0.2) is 8.78 Å². The normalized spacial score (nSPS) is 14.4. The lowest BCUT2D eigenvalue weighted by Crippen LogP contribution is -2.47. The monoisotopic (exact) mass is 578 g/mol. The number of aromatic nitrogens is 4. The predicted octanol–water partition coefficient (Wildman–Crippen LogP) is 5.49. The highest BCUT2D eigenvalue weighted by molar-refractivity contribution is 6.31. The number of hydrogen-bond donors (Lipinski definition) is 1. The Bertz CT molecular complexity index is 1510. The van der Waals surface area contributed by atoms with Crippen LogP contribution in [-0.2, 0) is 22.7 Å². The van der Waals surface area contributed by atoms with Gasteiger partial charge in [-0.3, -0.25) is 9.59 Å². The summed E-state index contributed by atoms with van der Waals surface area (Å²) in [6.45, 7) is -0.381. The number of rotatable bonds is 9. The van der Waals surface area contributed by atoms with E-state index < -0.39 is 23.6 Å². The van der Waals surface area contributed by atoms with Crippen LogP contribution in [0.1, 0.15) is 49.3 Å². The topological polar surface area (TPSA) is 93.0 Å². The molecule has 5 rings (SSSR count). The Morgan fingerprint density at radius 3 is 2.41 bits per heavy atom. The first-order valence-corrected chi connectivity index (χ1v) is 13.9. The molecule has 1 saturated carbocycles. The fourth-order valence-corrected chi connectivity index (χ4v) is 5.25. The van der Waals surface area contributed by atoms with Crippen LogP contribution in [0, 0.1) is 11.6 Å². The summed E-state index contributed by atoms with van der Waals surface area (Å²) in [6.07, 6.45) is 4.84. The summed E-state index contributed by atoms with van der Waals surface area (Å²) in [4.78, 5) is 30.3. The zero-order valence-corrected chi connectivity index (χ0v) is 23.0. The number of amides is 2. The van der Waals surface area contributed by atoms with Crippen molar-refractivity contribution in [1.82, 2.24) is 30.4 Å². The van der Waals surface area contributed by atoms with Gasteiger partial charge in [-0.15, -0.1) is 10.2 Å². The Balaban J connectivity index is 1.49. The number of carbonyl (C=O) groups is 2. The van der Waals surface area contributed by atoms with Gasteiger partial charge in [0.05, 0.1) is 5.56 Å². The molecule has 1 atom stereocenters. The first-order valence-electron chi connectivity index (χ1n) is 13.5. The maximum absolute atomic E-state index is 14.3. The Hall–Kier alpha value is -4.18. The van der Waals surface area contributed by atoms with Crippen LogP contribution in [0.25, 0.3) is 11.4 Å². The molecule has 2 amide bonds. The lowest BCUT2D eigenvalue weighted by Gasteiger charge is -2.33. The number of nitrogens with one attached hydrogen (secondary N) is 1. The molecular formula is C30H29ClF2N6O2. The van der Waals surface area contributed by atoms with Crippen LogP contribution in [0.5, 0.6) is 0 Å². The molecule has 1 N–H and O–H groups in total. The molecule has 0 spiro atoms. The van der Waals surface area contributed by atoms with Crippen molar-refractivity contribution in [3.63, 3.8) is 0 Å². The SMILES string of the molecule is O=C(NC1CCCCC1)C(c1ccc(F)cc1)N(Cc1ccccc1Cl)C(=O)Cn1nnc(-c2ccccc2F)n1. The first kappa shape index (κ1) is 28.4. The van der Waals surface area contributed by atoms with Crippen LogP contribution in [0.15, 0.2) is 72.8 Å². The molecule has 0 aliphatic heterocycles. The molecule has 8 nitrogen and oxygen atoms in total. The van der Waals surface area contributed by atoms with Gasteiger partial charge in [0.25, 0.3) is 0 Å². The second-order valence-corrected chi connectivity index (χ2v) is 10.4. The molecule has 11 heteroatoms. The minimum atomic E-state index is -1.09. The molecule has 1 aliphatic carbocycles. The van der Waals surface area contributed by atoms with Crippen LogP contribution in [-0.4, -0.2) is 43.0 Å². The standard InChI is InChI=1S/C30H29ClF2N6O2/c31-25-12-6-4-8-21(25)18-38(27(40)19-39-36-29(35-37-39)24-11-5-7-13-26(24)33)28(20-14-16-22(32)17-15-20)30(41)34-23-9-2-1-3-10-23/h4-8,11-17,23,28H,1-3,9-10,18-19H2,(H,34,41). The highest BCUT2D eigenvalue weighted by Gasteiger charge is 2.34. The molecule has 1 heterocycles. The van der Waals surface area contributed by atoms with Crippen LogP contribution < -0.4 is 5.32 Å². The van der Waals surface area contributed by atoms with E-state index >= 15 is 0 Å². The summed E-state index contributed by atoms with van der Waals surface area (Å²) in [5.41, 5.74) is 1.22. The lowest BCUT2D eigenvalue weighted by atomic mass is 9.94. The molecule has 0 saturated heterocycles. The minimum Gasteiger partial charge on any atom is -0.351 e. The first-order chi connectivity index (χ1) is 19.9. The second kappa shape index (κ2) is 13.0. The van der Waals surface area contributed by atoms with Crippen molar-refractivity contribution in [3.8, 4) is 11.4 Å². The molecule has 212 valence electrons. The highest BCUT2D eigenvalue weighted by atomic mass is 35.5. The van der Waals surface area contributed by atoms with E-state index in [1.54, 1.807) is 36.4 Å². The number of carbonyl (C=O) groups excluding carboxylic acids is 2. The maximum atomic E-state index is 14.3. The molecule has 4 aromatic rings. The zero-order valence-electron chi connectivity index (χ0n) is 22.2. The van der Waals surface area contributed by atoms with Gasteiger partial charge in [-0.2, -0.15) is 4.80 Å². The Kier molecular flexibility index (Phi) is 8.98. The van der Waals surface area contributed by atoms with Crippen molar-refractivity contribution < 1.29 is 18.4 Å². The van der Waals surface area contributed by atoms with Crippen molar-refractivity contribution >= 4 is 23.4 Å². The number of halogens is 3. The van der Waals surface area contributed by atoms with Crippen LogP contribution in [0.3, 0.4) is 0 Å². The lowest BCUT2D eigenvalue weighted by molar-refractivity contribution is -0.142. The van der Waals surface area contributed by atoms with E-state index in [2.05, 4.69) is 20.7 Å². The van der Waals surface area contributed by atoms with Gasteiger partial charge in [-0.05, 0) is 59.5 Å². The largest absolute Gasteiger partial charge is 0.351 e. The third kappa shape index (κ3) is 6.94. The smallest absolute Gasteiger partial charge is 0.247 e. The highest BCUT2D eigenvalue weighted by Crippen LogP contribution is 2.28. The number of tetrazole rings is 1. The summed E-state index contributed by atoms with van der Waals surface area (Å²) < 4.78 is 28.2. The Morgan fingerprint density at radius 1 is 0.976 bits per heavy atom. The molecule has 1 aromatic heterocycles. The molecule has 1 unspecified atom stereocenters. The van der Waals surface area contributed by atoms with Gasteiger partial charge in [0.15, 0.2) is 0 Å². The Labute approximate surface area is 241 Å². The fraction of sp³-hybridized carbons (Fsp3) is 0.300. The zero-order chi connectivity index (χ0) is 28.8.